The van der Waals surface area contributed by atoms with Crippen LogP contribution in [-0.2, 0) is 13.5 Å². The Hall–Kier alpha value is -3.47. The molecule has 4 aromatic rings. The van der Waals surface area contributed by atoms with Crippen LogP contribution in [0.3, 0.4) is 0 Å². The molecule has 1 saturated heterocycles. The minimum absolute atomic E-state index is 0.411. The van der Waals surface area contributed by atoms with E-state index in [0.717, 1.165) is 59.3 Å². The fraction of sp³-hybridized carbons (Fsp3) is 0.345. The Morgan fingerprint density at radius 1 is 0.975 bits per heavy atom. The third-order valence-electron chi connectivity index (χ3n) is 6.70. The second-order valence-corrected chi connectivity index (χ2v) is 10.8. The van der Waals surface area contributed by atoms with Gasteiger partial charge in [-0.2, -0.15) is 10.1 Å². The zero-order valence-corrected chi connectivity index (χ0v) is 24.8. The molecule has 1 aliphatic rings. The maximum atomic E-state index is 6.96. The SMILES string of the molecule is CCOc1ccccc1-c1nc(NSc2cnn(C)c2)nc(Oc2cccc(N3CCN(C)CC3)c2Cl)c1CC. The Labute approximate surface area is 244 Å². The number of anilines is 2. The van der Waals surface area contributed by atoms with Gasteiger partial charge in [0.15, 0.2) is 0 Å². The van der Waals surface area contributed by atoms with Crippen LogP contribution in [0.4, 0.5) is 11.6 Å². The van der Waals surface area contributed by atoms with Gasteiger partial charge in [-0.15, -0.1) is 0 Å². The number of benzene rings is 2. The molecule has 0 saturated carbocycles. The van der Waals surface area contributed by atoms with Gasteiger partial charge in [0.1, 0.15) is 16.5 Å². The Bertz CT molecular complexity index is 1460. The van der Waals surface area contributed by atoms with E-state index in [4.69, 9.17) is 31.0 Å². The van der Waals surface area contributed by atoms with Crippen LogP contribution in [0.15, 0.2) is 59.8 Å². The molecule has 0 unspecified atom stereocenters. The van der Waals surface area contributed by atoms with E-state index in [1.807, 2.05) is 62.6 Å². The largest absolute Gasteiger partial charge is 0.493 e. The smallest absolute Gasteiger partial charge is 0.237 e. The molecule has 0 aliphatic carbocycles. The van der Waals surface area contributed by atoms with Crippen molar-refractivity contribution in [1.29, 1.82) is 0 Å². The zero-order valence-electron chi connectivity index (χ0n) is 23.2. The average Bonchev–Trinajstić information content (AvgIpc) is 3.39. The summed E-state index contributed by atoms with van der Waals surface area (Å²) in [7, 11) is 4.02. The van der Waals surface area contributed by atoms with Gasteiger partial charge in [0.25, 0.3) is 0 Å². The molecule has 0 radical (unpaired) electrons. The van der Waals surface area contributed by atoms with Gasteiger partial charge in [0, 0.05) is 50.6 Å². The highest BCUT2D eigenvalue weighted by atomic mass is 35.5. The molecule has 0 amide bonds. The highest BCUT2D eigenvalue weighted by Crippen LogP contribution is 2.41. The summed E-state index contributed by atoms with van der Waals surface area (Å²) in [5, 5.41) is 4.81. The number of ether oxygens (including phenoxy) is 2. The number of para-hydroxylation sites is 1. The summed E-state index contributed by atoms with van der Waals surface area (Å²) in [6, 6.07) is 13.8. The maximum Gasteiger partial charge on any atom is 0.237 e. The molecule has 11 heteroatoms. The number of likely N-dealkylation sites (N-methyl/N-ethyl adjacent to an activating group) is 1. The Balaban J connectivity index is 1.55. The Kier molecular flexibility index (Phi) is 8.98. The predicted octanol–water partition coefficient (Wildman–Crippen LogP) is 6.15. The lowest BCUT2D eigenvalue weighted by Gasteiger charge is -2.34. The first-order valence-electron chi connectivity index (χ1n) is 13.4. The normalized spacial score (nSPS) is 13.9. The van der Waals surface area contributed by atoms with Crippen LogP contribution in [0.25, 0.3) is 11.3 Å². The van der Waals surface area contributed by atoms with Crippen LogP contribution in [0.1, 0.15) is 19.4 Å². The minimum Gasteiger partial charge on any atom is -0.493 e. The highest BCUT2D eigenvalue weighted by Gasteiger charge is 2.23. The molecule has 210 valence electrons. The molecule has 3 heterocycles. The second kappa shape index (κ2) is 12.8. The number of hydrogen-bond donors (Lipinski definition) is 1. The number of nitrogens with one attached hydrogen (secondary N) is 1. The first-order valence-corrected chi connectivity index (χ1v) is 14.6. The lowest BCUT2D eigenvalue weighted by atomic mass is 10.0. The number of nitrogens with zero attached hydrogens (tertiary/aromatic N) is 6. The van der Waals surface area contributed by atoms with Crippen LogP contribution in [0.5, 0.6) is 17.4 Å². The summed E-state index contributed by atoms with van der Waals surface area (Å²) in [4.78, 5) is 15.3. The van der Waals surface area contributed by atoms with E-state index in [0.29, 0.717) is 35.6 Å². The van der Waals surface area contributed by atoms with Gasteiger partial charge in [-0.05, 0) is 56.6 Å². The Morgan fingerprint density at radius 3 is 2.48 bits per heavy atom. The van der Waals surface area contributed by atoms with Gasteiger partial charge < -0.3 is 19.3 Å². The molecule has 1 aliphatic heterocycles. The third kappa shape index (κ3) is 6.29. The van der Waals surface area contributed by atoms with Gasteiger partial charge in [-0.1, -0.05) is 36.7 Å². The lowest BCUT2D eigenvalue weighted by molar-refractivity contribution is 0.313. The van der Waals surface area contributed by atoms with Gasteiger partial charge in [0.05, 0.1) is 29.1 Å². The summed E-state index contributed by atoms with van der Waals surface area (Å²) >= 11 is 8.34. The van der Waals surface area contributed by atoms with Crippen molar-refractivity contribution in [3.05, 3.63) is 65.4 Å². The van der Waals surface area contributed by atoms with E-state index in [1.165, 1.54) is 11.9 Å². The molecule has 1 fully saturated rings. The molecule has 0 bridgehead atoms. The van der Waals surface area contributed by atoms with Crippen molar-refractivity contribution in [3.8, 4) is 28.6 Å². The monoisotopic (exact) mass is 579 g/mol. The summed E-state index contributed by atoms with van der Waals surface area (Å²) in [5.74, 6) is 2.17. The quantitative estimate of drug-likeness (QED) is 0.222. The highest BCUT2D eigenvalue weighted by molar-refractivity contribution is 8.00. The molecule has 2 aromatic carbocycles. The van der Waals surface area contributed by atoms with Gasteiger partial charge in [-0.25, -0.2) is 4.98 Å². The maximum absolute atomic E-state index is 6.96. The number of rotatable bonds is 10. The molecule has 2 aromatic heterocycles. The van der Waals surface area contributed by atoms with Gasteiger partial charge in [-0.3, -0.25) is 9.40 Å². The zero-order chi connectivity index (χ0) is 28.1. The van der Waals surface area contributed by atoms with Crippen molar-refractivity contribution < 1.29 is 9.47 Å². The fourth-order valence-electron chi connectivity index (χ4n) is 4.61. The predicted molar refractivity (Wildman–Crippen MR) is 162 cm³/mol. The summed E-state index contributed by atoms with van der Waals surface area (Å²) < 4.78 is 17.5. The number of halogens is 1. The second-order valence-electron chi connectivity index (χ2n) is 9.50. The fourth-order valence-corrected chi connectivity index (χ4v) is 5.50. The molecular formula is C29H34ClN7O2S. The molecule has 9 nitrogen and oxygen atoms in total. The van der Waals surface area contributed by atoms with Crippen molar-refractivity contribution in [2.45, 2.75) is 25.2 Å². The first kappa shape index (κ1) is 28.1. The number of aromatic nitrogens is 4. The van der Waals surface area contributed by atoms with E-state index in [2.05, 4.69) is 33.6 Å². The summed E-state index contributed by atoms with van der Waals surface area (Å²) in [6.45, 7) is 8.37. The van der Waals surface area contributed by atoms with Gasteiger partial charge >= 0.3 is 0 Å². The van der Waals surface area contributed by atoms with Crippen LogP contribution in [-0.4, -0.2) is 64.5 Å². The minimum atomic E-state index is 0.411. The van der Waals surface area contributed by atoms with Crippen molar-refractivity contribution >= 4 is 35.2 Å². The lowest BCUT2D eigenvalue weighted by Crippen LogP contribution is -2.44. The van der Waals surface area contributed by atoms with E-state index in [1.54, 1.807) is 10.9 Å². The van der Waals surface area contributed by atoms with Crippen LogP contribution in [0.2, 0.25) is 5.02 Å². The van der Waals surface area contributed by atoms with E-state index in [9.17, 15) is 0 Å². The number of piperazine rings is 1. The summed E-state index contributed by atoms with van der Waals surface area (Å²) in [6.07, 6.45) is 4.35. The molecular weight excluding hydrogens is 546 g/mol. The first-order chi connectivity index (χ1) is 19.5. The number of hydrogen-bond acceptors (Lipinski definition) is 9. The third-order valence-corrected chi connectivity index (χ3v) is 7.81. The molecule has 1 N–H and O–H groups in total. The average molecular weight is 580 g/mol. The van der Waals surface area contributed by atoms with Crippen molar-refractivity contribution in [2.24, 2.45) is 7.05 Å². The molecule has 0 spiro atoms. The molecule has 0 atom stereocenters. The van der Waals surface area contributed by atoms with Crippen molar-refractivity contribution in [1.82, 2.24) is 24.6 Å². The number of aryl methyl sites for hydroxylation is 1. The standard InChI is InChI=1S/C29H34ClN7O2S/c1-5-21-27(22-10-7-8-12-24(22)38-6-2)32-29(34-40-20-18-31-36(4)19-20)33-28(21)39-25-13-9-11-23(26(25)30)37-16-14-35(3)15-17-37/h7-13,18-19H,5-6,14-17H2,1-4H3,(H,32,33,34). The Morgan fingerprint density at radius 2 is 1.75 bits per heavy atom. The van der Waals surface area contributed by atoms with E-state index in [-0.39, 0.29) is 0 Å². The summed E-state index contributed by atoms with van der Waals surface area (Å²) in [5.41, 5.74) is 3.45. The van der Waals surface area contributed by atoms with Crippen LogP contribution >= 0.6 is 23.5 Å². The van der Waals surface area contributed by atoms with Crippen molar-refractivity contribution in [2.75, 3.05) is 49.5 Å². The molecule has 5 rings (SSSR count). The molecule has 40 heavy (non-hydrogen) atoms. The topological polar surface area (TPSA) is 80.6 Å². The van der Waals surface area contributed by atoms with Crippen LogP contribution in [0, 0.1) is 0 Å². The van der Waals surface area contributed by atoms with Gasteiger partial charge in [0.2, 0.25) is 11.8 Å². The van der Waals surface area contributed by atoms with Crippen molar-refractivity contribution in [3.63, 3.8) is 0 Å². The van der Waals surface area contributed by atoms with E-state index >= 15 is 0 Å². The van der Waals surface area contributed by atoms with E-state index < -0.39 is 0 Å². The van der Waals surface area contributed by atoms with Crippen LogP contribution < -0.4 is 19.1 Å².